The highest BCUT2D eigenvalue weighted by Gasteiger charge is 2.24. The summed E-state index contributed by atoms with van der Waals surface area (Å²) in [4.78, 5) is 17.1. The fourth-order valence-electron chi connectivity index (χ4n) is 2.94. The lowest BCUT2D eigenvalue weighted by molar-refractivity contribution is 0.0822. The maximum atomic E-state index is 13.4. The molecule has 2 aromatic rings. The van der Waals surface area contributed by atoms with Gasteiger partial charge in [0.05, 0.1) is 10.5 Å². The highest BCUT2D eigenvalue weighted by Crippen LogP contribution is 2.37. The van der Waals surface area contributed by atoms with Crippen LogP contribution in [0, 0.1) is 0 Å². The topological polar surface area (TPSA) is 127 Å². The van der Waals surface area contributed by atoms with Crippen molar-refractivity contribution in [3.63, 3.8) is 0 Å². The summed E-state index contributed by atoms with van der Waals surface area (Å²) in [7, 11) is -3.62. The molecule has 0 aliphatic carbocycles. The summed E-state index contributed by atoms with van der Waals surface area (Å²) < 4.78 is 35.2. The van der Waals surface area contributed by atoms with Gasteiger partial charge >= 0.3 is 6.03 Å². The molecule has 32 heavy (non-hydrogen) atoms. The number of hydrogen-bond donors (Lipinski definition) is 3. The van der Waals surface area contributed by atoms with E-state index in [1.165, 1.54) is 13.1 Å². The maximum absolute atomic E-state index is 13.4. The number of thiazole rings is 1. The summed E-state index contributed by atoms with van der Waals surface area (Å²) in [6.07, 6.45) is -0.127. The van der Waals surface area contributed by atoms with Crippen LogP contribution in [0.5, 0.6) is 5.75 Å². The first-order valence-corrected chi connectivity index (χ1v) is 12.5. The number of carbonyl (C=O) groups excluding carboxylic acids is 1. The van der Waals surface area contributed by atoms with Crippen molar-refractivity contribution in [3.8, 4) is 5.75 Å². The number of urea groups is 1. The summed E-state index contributed by atoms with van der Waals surface area (Å²) >= 11 is 0.931. The Labute approximate surface area is 192 Å². The SMILES string of the molecule is CC(F)Oc1cc(C(C)C)c(NC(=O)N=S(N)(=O)c2ncc(C(C)(C)O)s2)c(C(C)C)c1. The van der Waals surface area contributed by atoms with Gasteiger partial charge in [0.25, 0.3) is 0 Å². The van der Waals surface area contributed by atoms with Gasteiger partial charge in [-0.05, 0) is 48.9 Å². The zero-order valence-electron chi connectivity index (χ0n) is 19.3. The lowest BCUT2D eigenvalue weighted by atomic mass is 9.92. The Bertz CT molecular complexity index is 1070. The quantitative estimate of drug-likeness (QED) is 0.493. The van der Waals surface area contributed by atoms with Crippen LogP contribution in [-0.4, -0.2) is 26.7 Å². The number of amides is 2. The standard InChI is InChI=1S/C21H31FN4O4S2/c1-11(2)15-8-14(30-13(5)22)9-16(12(3)4)18(15)25-19(27)26-32(23,29)20-24-10-17(31-20)21(6,7)28/h8-13,28H,1-7H3,(H3,23,25,26,27,29). The molecule has 2 amide bonds. The normalized spacial score (nSPS) is 14.9. The van der Waals surface area contributed by atoms with Crippen molar-refractivity contribution in [1.29, 1.82) is 0 Å². The molecule has 0 fully saturated rings. The van der Waals surface area contributed by atoms with E-state index in [9.17, 15) is 18.5 Å². The zero-order chi connectivity index (χ0) is 24.4. The van der Waals surface area contributed by atoms with Crippen molar-refractivity contribution < 1.29 is 23.2 Å². The van der Waals surface area contributed by atoms with Gasteiger partial charge in [-0.1, -0.05) is 27.7 Å². The van der Waals surface area contributed by atoms with E-state index in [4.69, 9.17) is 9.88 Å². The molecular formula is C21H31FN4O4S2. The van der Waals surface area contributed by atoms with Crippen LogP contribution < -0.4 is 15.2 Å². The molecule has 2 atom stereocenters. The number of anilines is 1. The number of alkyl halides is 1. The number of aromatic nitrogens is 1. The van der Waals surface area contributed by atoms with Crippen LogP contribution >= 0.6 is 11.3 Å². The molecule has 2 unspecified atom stereocenters. The Balaban J connectivity index is 2.47. The second-order valence-electron chi connectivity index (χ2n) is 8.59. The van der Waals surface area contributed by atoms with Gasteiger partial charge < -0.3 is 15.2 Å². The van der Waals surface area contributed by atoms with Crippen molar-refractivity contribution in [2.75, 3.05) is 5.32 Å². The Hall–Kier alpha value is -2.08. The Morgan fingerprint density at radius 2 is 1.78 bits per heavy atom. The molecule has 11 heteroatoms. The first kappa shape index (κ1) is 26.2. The number of hydrogen-bond acceptors (Lipinski definition) is 6. The molecule has 4 N–H and O–H groups in total. The Kier molecular flexibility index (Phi) is 8.03. The number of aliphatic hydroxyl groups is 1. The van der Waals surface area contributed by atoms with E-state index in [2.05, 4.69) is 14.7 Å². The average molecular weight is 487 g/mol. The van der Waals surface area contributed by atoms with Crippen LogP contribution in [0.4, 0.5) is 14.9 Å². The van der Waals surface area contributed by atoms with Gasteiger partial charge in [0.15, 0.2) is 9.92 Å². The Morgan fingerprint density at radius 3 is 2.19 bits per heavy atom. The second-order valence-corrected chi connectivity index (χ2v) is 11.6. The van der Waals surface area contributed by atoms with Crippen molar-refractivity contribution in [1.82, 2.24) is 4.98 Å². The van der Waals surface area contributed by atoms with E-state index >= 15 is 0 Å². The van der Waals surface area contributed by atoms with Crippen molar-refractivity contribution in [2.45, 2.75) is 76.6 Å². The first-order chi connectivity index (χ1) is 14.6. The van der Waals surface area contributed by atoms with Crippen molar-refractivity contribution >= 4 is 33.0 Å². The molecule has 1 aromatic carbocycles. The van der Waals surface area contributed by atoms with Gasteiger partial charge in [-0.25, -0.2) is 23.5 Å². The molecule has 178 valence electrons. The van der Waals surface area contributed by atoms with E-state index in [0.717, 1.165) is 22.5 Å². The number of nitrogens with zero attached hydrogens (tertiary/aromatic N) is 2. The number of ether oxygens (including phenoxy) is 1. The fourth-order valence-corrected chi connectivity index (χ4v) is 5.02. The van der Waals surface area contributed by atoms with Crippen molar-refractivity contribution in [3.05, 3.63) is 34.3 Å². The fraction of sp³-hybridized carbons (Fsp3) is 0.524. The van der Waals surface area contributed by atoms with Gasteiger partial charge in [-0.3, -0.25) is 0 Å². The number of nitrogens with two attached hydrogens (primary N) is 1. The third kappa shape index (κ3) is 6.47. The monoisotopic (exact) mass is 486 g/mol. The smallest absolute Gasteiger partial charge is 0.354 e. The third-order valence-corrected chi connectivity index (χ3v) is 7.62. The molecule has 1 aromatic heterocycles. The largest absolute Gasteiger partial charge is 0.461 e. The molecule has 0 aliphatic rings. The molecular weight excluding hydrogens is 455 g/mol. The lowest BCUT2D eigenvalue weighted by Crippen LogP contribution is -2.19. The van der Waals surface area contributed by atoms with Crippen LogP contribution in [0.25, 0.3) is 0 Å². The predicted molar refractivity (Wildman–Crippen MR) is 125 cm³/mol. The highest BCUT2D eigenvalue weighted by atomic mass is 32.2. The van der Waals surface area contributed by atoms with Gasteiger partial charge in [0, 0.05) is 18.8 Å². The maximum Gasteiger partial charge on any atom is 0.354 e. The number of nitrogens with one attached hydrogen (secondary N) is 1. The van der Waals surface area contributed by atoms with Gasteiger partial charge in [-0.2, -0.15) is 0 Å². The lowest BCUT2D eigenvalue weighted by Gasteiger charge is -2.21. The van der Waals surface area contributed by atoms with Gasteiger partial charge in [0.1, 0.15) is 5.75 Å². The van der Waals surface area contributed by atoms with E-state index < -0.39 is 27.9 Å². The molecule has 2 rings (SSSR count). The number of halogens is 1. The van der Waals surface area contributed by atoms with Crippen LogP contribution in [0.3, 0.4) is 0 Å². The molecule has 0 spiro atoms. The van der Waals surface area contributed by atoms with E-state index in [1.807, 2.05) is 27.7 Å². The minimum absolute atomic E-state index is 0.0307. The minimum Gasteiger partial charge on any atom is -0.461 e. The number of rotatable bonds is 7. The predicted octanol–water partition coefficient (Wildman–Crippen LogP) is 5.24. The molecule has 1 heterocycles. The molecule has 0 bridgehead atoms. The Morgan fingerprint density at radius 1 is 1.25 bits per heavy atom. The average Bonchev–Trinajstić information content (AvgIpc) is 3.12. The summed E-state index contributed by atoms with van der Waals surface area (Å²) in [6, 6.07) is 2.44. The second kappa shape index (κ2) is 9.82. The van der Waals surface area contributed by atoms with E-state index in [-0.39, 0.29) is 16.2 Å². The number of benzene rings is 1. The van der Waals surface area contributed by atoms with E-state index in [1.54, 1.807) is 26.0 Å². The summed E-state index contributed by atoms with van der Waals surface area (Å²) in [5, 5.41) is 18.6. The first-order valence-electron chi connectivity index (χ1n) is 10.1. The number of carbonyl (C=O) groups is 1. The minimum atomic E-state index is -3.62. The molecule has 0 saturated heterocycles. The summed E-state index contributed by atoms with van der Waals surface area (Å²) in [5.41, 5.74) is 0.747. The van der Waals surface area contributed by atoms with Gasteiger partial charge in [-0.15, -0.1) is 15.7 Å². The van der Waals surface area contributed by atoms with E-state index in [0.29, 0.717) is 16.3 Å². The zero-order valence-corrected chi connectivity index (χ0v) is 20.9. The van der Waals surface area contributed by atoms with Crippen LogP contribution in [0.1, 0.15) is 76.3 Å². The molecule has 0 saturated carbocycles. The molecule has 0 radical (unpaired) electrons. The highest BCUT2D eigenvalue weighted by molar-refractivity contribution is 7.93. The molecule has 0 aliphatic heterocycles. The van der Waals surface area contributed by atoms with Crippen molar-refractivity contribution in [2.24, 2.45) is 9.50 Å². The molecule has 8 nitrogen and oxygen atoms in total. The van der Waals surface area contributed by atoms with Crippen LogP contribution in [-0.2, 0) is 15.5 Å². The third-order valence-electron chi connectivity index (χ3n) is 4.50. The summed E-state index contributed by atoms with van der Waals surface area (Å²) in [5.74, 6) is 0.292. The summed E-state index contributed by atoms with van der Waals surface area (Å²) in [6.45, 7) is 12.1. The van der Waals surface area contributed by atoms with Crippen LogP contribution in [0.2, 0.25) is 0 Å². The van der Waals surface area contributed by atoms with Crippen LogP contribution in [0.15, 0.2) is 27.0 Å². The van der Waals surface area contributed by atoms with Gasteiger partial charge in [0.2, 0.25) is 10.7 Å².